The van der Waals surface area contributed by atoms with Crippen LogP contribution in [0.2, 0.25) is 0 Å². The van der Waals surface area contributed by atoms with E-state index in [0.717, 1.165) is 10.0 Å². The summed E-state index contributed by atoms with van der Waals surface area (Å²) in [7, 11) is 1.52. The Kier molecular flexibility index (Phi) is 4.83. The Morgan fingerprint density at radius 2 is 1.85 bits per heavy atom. The van der Waals surface area contributed by atoms with Crippen molar-refractivity contribution in [1.29, 1.82) is 0 Å². The highest BCUT2D eigenvalue weighted by Gasteiger charge is 2.20. The van der Waals surface area contributed by atoms with Crippen molar-refractivity contribution in [3.05, 3.63) is 61.8 Å². The molecule has 0 aromatic heterocycles. The molecular weight excluding hydrogens is 391 g/mol. The first-order valence-corrected chi connectivity index (χ1v) is 7.49. The molecule has 0 aliphatic heterocycles. The molecule has 0 aliphatic rings. The third-order valence-corrected chi connectivity index (χ3v) is 4.41. The van der Waals surface area contributed by atoms with Crippen molar-refractivity contribution in [2.24, 2.45) is 0 Å². The van der Waals surface area contributed by atoms with E-state index in [2.05, 4.69) is 31.9 Å². The number of methoxy groups -OCH3 is 1. The van der Waals surface area contributed by atoms with E-state index in [4.69, 9.17) is 4.74 Å². The third kappa shape index (κ3) is 3.05. The number of aliphatic hydroxyl groups excluding tert-OH is 1. The Labute approximate surface area is 133 Å². The number of rotatable bonds is 3. The zero-order valence-corrected chi connectivity index (χ0v) is 14.1. The van der Waals surface area contributed by atoms with Crippen LogP contribution in [-0.2, 0) is 0 Å². The second-order valence-corrected chi connectivity index (χ2v) is 6.18. The van der Waals surface area contributed by atoms with Crippen molar-refractivity contribution in [3.63, 3.8) is 0 Å². The van der Waals surface area contributed by atoms with Gasteiger partial charge >= 0.3 is 0 Å². The average molecular weight is 404 g/mol. The van der Waals surface area contributed by atoms with Crippen LogP contribution < -0.4 is 4.74 Å². The van der Waals surface area contributed by atoms with Crippen molar-refractivity contribution in [1.82, 2.24) is 0 Å². The summed E-state index contributed by atoms with van der Waals surface area (Å²) in [5, 5.41) is 10.5. The second-order valence-electron chi connectivity index (χ2n) is 4.41. The van der Waals surface area contributed by atoms with Crippen molar-refractivity contribution in [2.45, 2.75) is 13.0 Å². The number of hydrogen-bond acceptors (Lipinski definition) is 2. The van der Waals surface area contributed by atoms with Gasteiger partial charge in [0.15, 0.2) is 0 Å². The monoisotopic (exact) mass is 402 g/mol. The maximum Gasteiger partial charge on any atom is 0.129 e. The third-order valence-electron chi connectivity index (χ3n) is 3.06. The van der Waals surface area contributed by atoms with Crippen molar-refractivity contribution >= 4 is 31.9 Å². The number of halogens is 3. The molecule has 0 saturated heterocycles. The first-order valence-electron chi connectivity index (χ1n) is 5.91. The van der Waals surface area contributed by atoms with E-state index in [1.165, 1.54) is 13.2 Å². The van der Waals surface area contributed by atoms with E-state index in [1.54, 1.807) is 24.3 Å². The van der Waals surface area contributed by atoms with Gasteiger partial charge in [0.25, 0.3) is 0 Å². The molecule has 5 heteroatoms. The lowest BCUT2D eigenvalue weighted by Gasteiger charge is -2.17. The molecule has 2 rings (SSSR count). The van der Waals surface area contributed by atoms with Gasteiger partial charge in [-0.3, -0.25) is 0 Å². The molecule has 0 saturated carbocycles. The molecule has 2 nitrogen and oxygen atoms in total. The van der Waals surface area contributed by atoms with Crippen molar-refractivity contribution in [3.8, 4) is 5.75 Å². The Morgan fingerprint density at radius 3 is 2.50 bits per heavy atom. The number of aliphatic hydroxyl groups is 1. The van der Waals surface area contributed by atoms with Crippen molar-refractivity contribution < 1.29 is 14.2 Å². The summed E-state index contributed by atoms with van der Waals surface area (Å²) in [6.45, 7) is 1.92. The molecule has 0 heterocycles. The van der Waals surface area contributed by atoms with Crippen LogP contribution in [0.25, 0.3) is 0 Å². The molecule has 2 aromatic rings. The summed E-state index contributed by atoms with van der Waals surface area (Å²) >= 11 is 6.69. The normalized spacial score (nSPS) is 12.3. The summed E-state index contributed by atoms with van der Waals surface area (Å²) in [5.74, 6) is 0.0667. The van der Waals surface area contributed by atoms with Crippen LogP contribution >= 0.6 is 31.9 Å². The van der Waals surface area contributed by atoms with E-state index in [9.17, 15) is 9.50 Å². The highest BCUT2D eigenvalue weighted by atomic mass is 79.9. The zero-order valence-electron chi connectivity index (χ0n) is 11.0. The maximum atomic E-state index is 13.9. The van der Waals surface area contributed by atoms with Crippen LogP contribution in [0.5, 0.6) is 5.75 Å². The Bertz CT molecular complexity index is 644. The molecule has 0 aliphatic carbocycles. The molecule has 0 spiro atoms. The topological polar surface area (TPSA) is 29.5 Å². The van der Waals surface area contributed by atoms with E-state index in [-0.39, 0.29) is 5.56 Å². The highest BCUT2D eigenvalue weighted by Crippen LogP contribution is 2.35. The lowest BCUT2D eigenvalue weighted by Crippen LogP contribution is -2.05. The van der Waals surface area contributed by atoms with E-state index in [0.29, 0.717) is 15.8 Å². The molecule has 2 aromatic carbocycles. The molecule has 1 N–H and O–H groups in total. The van der Waals surface area contributed by atoms with Crippen LogP contribution in [0, 0.1) is 12.7 Å². The number of ether oxygens (including phenoxy) is 1. The minimum Gasteiger partial charge on any atom is -0.496 e. The predicted molar refractivity (Wildman–Crippen MR) is 83.6 cm³/mol. The molecule has 1 unspecified atom stereocenters. The van der Waals surface area contributed by atoms with Gasteiger partial charge in [0.05, 0.1) is 7.11 Å². The summed E-state index contributed by atoms with van der Waals surface area (Å²) in [4.78, 5) is 0. The maximum absolute atomic E-state index is 13.9. The van der Waals surface area contributed by atoms with Crippen LogP contribution in [0.4, 0.5) is 4.39 Å². The minimum atomic E-state index is -1.10. The molecule has 0 fully saturated rings. The van der Waals surface area contributed by atoms with Gasteiger partial charge in [-0.15, -0.1) is 0 Å². The van der Waals surface area contributed by atoms with Crippen molar-refractivity contribution in [2.75, 3.05) is 7.11 Å². The van der Waals surface area contributed by atoms with Gasteiger partial charge < -0.3 is 9.84 Å². The summed E-state index contributed by atoms with van der Waals surface area (Å²) in [6, 6.07) is 8.02. The molecule has 20 heavy (non-hydrogen) atoms. The first-order chi connectivity index (χ1) is 9.43. The number of hydrogen-bond donors (Lipinski definition) is 1. The molecule has 106 valence electrons. The molecule has 0 bridgehead atoms. The molecule has 0 radical (unpaired) electrons. The summed E-state index contributed by atoms with van der Waals surface area (Å²) in [6.07, 6.45) is -1.10. The fourth-order valence-corrected chi connectivity index (χ4v) is 2.69. The first kappa shape index (κ1) is 15.5. The fourth-order valence-electron chi connectivity index (χ4n) is 1.95. The van der Waals surface area contributed by atoms with Gasteiger partial charge in [0, 0.05) is 20.1 Å². The van der Waals surface area contributed by atoms with E-state index < -0.39 is 11.9 Å². The van der Waals surface area contributed by atoms with Gasteiger partial charge in [-0.25, -0.2) is 4.39 Å². The van der Waals surface area contributed by atoms with Gasteiger partial charge in [-0.05, 0) is 42.8 Å². The van der Waals surface area contributed by atoms with E-state index in [1.807, 2.05) is 6.92 Å². The largest absolute Gasteiger partial charge is 0.496 e. The van der Waals surface area contributed by atoms with Crippen LogP contribution in [0.3, 0.4) is 0 Å². The minimum absolute atomic E-state index is 0.202. The predicted octanol–water partition coefficient (Wildman–Crippen LogP) is 4.75. The Hall–Kier alpha value is -0.910. The zero-order chi connectivity index (χ0) is 14.9. The quantitative estimate of drug-likeness (QED) is 0.801. The number of aryl methyl sites for hydroxylation is 1. The van der Waals surface area contributed by atoms with Crippen LogP contribution in [0.1, 0.15) is 22.8 Å². The lowest BCUT2D eigenvalue weighted by molar-refractivity contribution is 0.209. The summed E-state index contributed by atoms with van der Waals surface area (Å²) in [5.41, 5.74) is 1.70. The van der Waals surface area contributed by atoms with Crippen LogP contribution in [-0.4, -0.2) is 12.2 Å². The molecule has 0 amide bonds. The smallest absolute Gasteiger partial charge is 0.129 e. The van der Waals surface area contributed by atoms with Gasteiger partial charge in [0.1, 0.15) is 17.7 Å². The molecular formula is C15H13Br2FO2. The van der Waals surface area contributed by atoms with Gasteiger partial charge in [-0.2, -0.15) is 0 Å². The standard InChI is InChI=1S/C15H13Br2FO2/c1-8-5-14(20-2)11(7-12(8)17)15(19)10-6-9(16)3-4-13(10)18/h3-7,15,19H,1-2H3. The summed E-state index contributed by atoms with van der Waals surface area (Å²) < 4.78 is 20.7. The Balaban J connectivity index is 2.55. The number of benzene rings is 2. The molecule has 1 atom stereocenters. The SMILES string of the molecule is COc1cc(C)c(Br)cc1C(O)c1cc(Br)ccc1F. The highest BCUT2D eigenvalue weighted by molar-refractivity contribution is 9.10. The fraction of sp³-hybridized carbons (Fsp3) is 0.200. The van der Waals surface area contributed by atoms with E-state index >= 15 is 0 Å². The average Bonchev–Trinajstić information content (AvgIpc) is 2.43. The second kappa shape index (κ2) is 6.24. The van der Waals surface area contributed by atoms with Crippen LogP contribution in [0.15, 0.2) is 39.3 Å². The lowest BCUT2D eigenvalue weighted by atomic mass is 9.99. The van der Waals surface area contributed by atoms with Gasteiger partial charge in [0.2, 0.25) is 0 Å². The Morgan fingerprint density at radius 1 is 1.15 bits per heavy atom. The van der Waals surface area contributed by atoms with Gasteiger partial charge in [-0.1, -0.05) is 31.9 Å².